The number of halogens is 2. The van der Waals surface area contributed by atoms with E-state index in [1.165, 1.54) is 40.1 Å². The molecule has 0 saturated heterocycles. The van der Waals surface area contributed by atoms with E-state index in [9.17, 15) is 18.4 Å². The number of rotatable bonds is 8. The lowest BCUT2D eigenvalue weighted by atomic mass is 10.0. The Hall–Kier alpha value is -3.26. The van der Waals surface area contributed by atoms with Crippen molar-refractivity contribution in [2.45, 2.75) is 25.8 Å². The van der Waals surface area contributed by atoms with Crippen LogP contribution in [0.25, 0.3) is 0 Å². The maximum Gasteiger partial charge on any atom is 0.254 e. The Morgan fingerprint density at radius 3 is 2.65 bits per heavy atom. The fourth-order valence-corrected chi connectivity index (χ4v) is 5.09. The molecule has 178 valence electrons. The molecule has 0 aliphatic carbocycles. The Bertz CT molecular complexity index is 1150. The lowest BCUT2D eigenvalue weighted by Crippen LogP contribution is -2.48. The largest absolute Gasteiger partial charge is 0.491 e. The molecule has 5 nitrogen and oxygen atoms in total. The van der Waals surface area contributed by atoms with Crippen molar-refractivity contribution in [1.82, 2.24) is 9.80 Å². The van der Waals surface area contributed by atoms with Gasteiger partial charge in [-0.25, -0.2) is 8.78 Å². The summed E-state index contributed by atoms with van der Waals surface area (Å²) in [5, 5.41) is 2.00. The molecule has 4 rings (SSSR count). The van der Waals surface area contributed by atoms with E-state index in [0.29, 0.717) is 25.3 Å². The molecule has 1 aliphatic heterocycles. The zero-order valence-electron chi connectivity index (χ0n) is 18.9. The molecule has 1 aromatic heterocycles. The lowest BCUT2D eigenvalue weighted by molar-refractivity contribution is -0.135. The van der Waals surface area contributed by atoms with Gasteiger partial charge in [0.1, 0.15) is 30.5 Å². The molecule has 34 heavy (non-hydrogen) atoms. The summed E-state index contributed by atoms with van der Waals surface area (Å²) in [6.45, 7) is 2.93. The maximum absolute atomic E-state index is 13.7. The van der Waals surface area contributed by atoms with Crippen LogP contribution in [-0.2, 0) is 11.2 Å². The van der Waals surface area contributed by atoms with E-state index in [2.05, 4.69) is 0 Å². The fourth-order valence-electron chi connectivity index (χ4n) is 4.16. The van der Waals surface area contributed by atoms with Crippen molar-refractivity contribution in [1.29, 1.82) is 0 Å². The van der Waals surface area contributed by atoms with Gasteiger partial charge in [0, 0.05) is 23.5 Å². The van der Waals surface area contributed by atoms with Gasteiger partial charge in [0.05, 0.1) is 6.04 Å². The highest BCUT2D eigenvalue weighted by Gasteiger charge is 2.33. The monoisotopic (exact) mass is 484 g/mol. The molecule has 8 heteroatoms. The van der Waals surface area contributed by atoms with E-state index in [-0.39, 0.29) is 42.4 Å². The van der Waals surface area contributed by atoms with Crippen LogP contribution in [0.4, 0.5) is 8.78 Å². The zero-order chi connectivity index (χ0) is 24.1. The van der Waals surface area contributed by atoms with Gasteiger partial charge < -0.3 is 14.5 Å². The maximum atomic E-state index is 13.7. The number of amides is 2. The van der Waals surface area contributed by atoms with Crippen LogP contribution < -0.4 is 4.74 Å². The molecule has 0 spiro atoms. The fraction of sp³-hybridized carbons (Fsp3) is 0.308. The summed E-state index contributed by atoms with van der Waals surface area (Å²) in [7, 11) is 0. The number of hydrogen-bond acceptors (Lipinski definition) is 4. The van der Waals surface area contributed by atoms with Crippen molar-refractivity contribution < 1.29 is 23.1 Å². The Kier molecular flexibility index (Phi) is 7.57. The van der Waals surface area contributed by atoms with Gasteiger partial charge in [0.25, 0.3) is 5.91 Å². The minimum Gasteiger partial charge on any atom is -0.491 e. The molecule has 0 fully saturated rings. The van der Waals surface area contributed by atoms with Crippen LogP contribution in [0.3, 0.4) is 0 Å². The zero-order valence-corrected chi connectivity index (χ0v) is 19.7. The van der Waals surface area contributed by atoms with Gasteiger partial charge in [-0.3, -0.25) is 9.59 Å². The minimum absolute atomic E-state index is 0.101. The Morgan fingerprint density at radius 1 is 1.12 bits per heavy atom. The van der Waals surface area contributed by atoms with E-state index in [0.717, 1.165) is 12.0 Å². The van der Waals surface area contributed by atoms with Crippen molar-refractivity contribution >= 4 is 23.2 Å². The van der Waals surface area contributed by atoms with E-state index in [1.54, 1.807) is 34.4 Å². The Morgan fingerprint density at radius 2 is 1.91 bits per heavy atom. The van der Waals surface area contributed by atoms with Gasteiger partial charge in [-0.15, -0.1) is 11.3 Å². The normalized spacial score (nSPS) is 15.0. The average Bonchev–Trinajstić information content (AvgIpc) is 3.32. The minimum atomic E-state index is -0.493. The smallest absolute Gasteiger partial charge is 0.254 e. The van der Waals surface area contributed by atoms with Crippen molar-refractivity contribution in [2.24, 2.45) is 0 Å². The first-order valence-corrected chi connectivity index (χ1v) is 12.1. The molecule has 0 N–H and O–H groups in total. The number of fused-ring (bicyclic) bond motifs is 1. The first-order valence-electron chi connectivity index (χ1n) is 11.2. The van der Waals surface area contributed by atoms with E-state index >= 15 is 0 Å². The van der Waals surface area contributed by atoms with Crippen molar-refractivity contribution in [3.05, 3.63) is 87.6 Å². The highest BCUT2D eigenvalue weighted by molar-refractivity contribution is 7.10. The SMILES string of the molecule is CCCN(CC(=O)N1CCc2sccc2C1COc1ccc(F)cc1)C(=O)c1cccc(F)c1. The summed E-state index contributed by atoms with van der Waals surface area (Å²) in [4.78, 5) is 30.9. The van der Waals surface area contributed by atoms with E-state index < -0.39 is 5.82 Å². The predicted octanol–water partition coefficient (Wildman–Crippen LogP) is 5.08. The summed E-state index contributed by atoms with van der Waals surface area (Å²) in [6.07, 6.45) is 1.40. The van der Waals surface area contributed by atoms with E-state index in [1.807, 2.05) is 18.4 Å². The Labute approximate surface area is 201 Å². The van der Waals surface area contributed by atoms with Crippen LogP contribution in [0.15, 0.2) is 60.0 Å². The summed E-state index contributed by atoms with van der Waals surface area (Å²) in [5.74, 6) is -0.886. The number of thiophene rings is 1. The lowest BCUT2D eigenvalue weighted by Gasteiger charge is -2.37. The van der Waals surface area contributed by atoms with E-state index in [4.69, 9.17) is 4.74 Å². The van der Waals surface area contributed by atoms with Gasteiger partial charge in [-0.2, -0.15) is 0 Å². The van der Waals surface area contributed by atoms with Gasteiger partial charge in [-0.1, -0.05) is 13.0 Å². The number of carbonyl (C=O) groups excluding carboxylic acids is 2. The number of benzene rings is 2. The highest BCUT2D eigenvalue weighted by atomic mass is 32.1. The van der Waals surface area contributed by atoms with Crippen molar-refractivity contribution in [3.63, 3.8) is 0 Å². The van der Waals surface area contributed by atoms with Gasteiger partial charge >= 0.3 is 0 Å². The quantitative estimate of drug-likeness (QED) is 0.448. The molecule has 2 amide bonds. The first kappa shape index (κ1) is 23.9. The second-order valence-electron chi connectivity index (χ2n) is 8.15. The highest BCUT2D eigenvalue weighted by Crippen LogP contribution is 2.34. The molecular weight excluding hydrogens is 458 g/mol. The second kappa shape index (κ2) is 10.8. The third-order valence-corrected chi connectivity index (χ3v) is 6.81. The number of hydrogen-bond donors (Lipinski definition) is 0. The molecule has 0 bridgehead atoms. The molecule has 2 aromatic carbocycles. The van der Waals surface area contributed by atoms with Gasteiger partial charge in [0.15, 0.2) is 0 Å². The van der Waals surface area contributed by atoms with Crippen LogP contribution in [0, 0.1) is 11.6 Å². The van der Waals surface area contributed by atoms with Crippen LogP contribution in [0.2, 0.25) is 0 Å². The summed E-state index contributed by atoms with van der Waals surface area (Å²) >= 11 is 1.65. The predicted molar refractivity (Wildman–Crippen MR) is 127 cm³/mol. The first-order chi connectivity index (χ1) is 16.5. The number of nitrogens with zero attached hydrogens (tertiary/aromatic N) is 2. The average molecular weight is 485 g/mol. The van der Waals surface area contributed by atoms with Crippen molar-refractivity contribution in [3.8, 4) is 5.75 Å². The summed E-state index contributed by atoms with van der Waals surface area (Å²) in [6, 6.07) is 13.0. The Balaban J connectivity index is 1.51. The van der Waals surface area contributed by atoms with Crippen LogP contribution in [0.5, 0.6) is 5.75 Å². The standard InChI is InChI=1S/C26H26F2N2O3S/c1-2-12-29(26(32)18-4-3-5-20(28)15-18)16-25(31)30-13-10-24-22(11-14-34-24)23(30)17-33-21-8-6-19(27)7-9-21/h3-9,11,14-15,23H,2,10,12-13,16-17H2,1H3. The van der Waals surface area contributed by atoms with Crippen LogP contribution in [0.1, 0.15) is 40.2 Å². The number of carbonyl (C=O) groups is 2. The number of ether oxygens (including phenoxy) is 1. The summed E-state index contributed by atoms with van der Waals surface area (Å²) in [5.41, 5.74) is 1.25. The topological polar surface area (TPSA) is 49.9 Å². The van der Waals surface area contributed by atoms with Gasteiger partial charge in [0.2, 0.25) is 5.91 Å². The molecule has 3 aromatic rings. The molecule has 2 heterocycles. The van der Waals surface area contributed by atoms with Crippen LogP contribution in [-0.4, -0.2) is 47.9 Å². The molecule has 1 aliphatic rings. The molecule has 0 saturated carbocycles. The van der Waals surface area contributed by atoms with Crippen LogP contribution >= 0.6 is 11.3 Å². The molecule has 1 unspecified atom stereocenters. The molecule has 1 atom stereocenters. The molecular formula is C26H26F2N2O3S. The summed E-state index contributed by atoms with van der Waals surface area (Å²) < 4.78 is 32.8. The van der Waals surface area contributed by atoms with Gasteiger partial charge in [-0.05, 0) is 72.3 Å². The third kappa shape index (κ3) is 5.44. The molecule has 0 radical (unpaired) electrons. The third-order valence-electron chi connectivity index (χ3n) is 5.82. The second-order valence-corrected chi connectivity index (χ2v) is 9.15. The van der Waals surface area contributed by atoms with Crippen molar-refractivity contribution in [2.75, 3.05) is 26.2 Å².